The Morgan fingerprint density at radius 1 is 1.35 bits per heavy atom. The number of hydrogen-bond acceptors (Lipinski definition) is 3. The number of methoxy groups -OCH3 is 1. The molecule has 17 heavy (non-hydrogen) atoms. The Labute approximate surface area is 104 Å². The first kappa shape index (κ1) is 14.5. The second-order valence-electron chi connectivity index (χ2n) is 4.94. The summed E-state index contributed by atoms with van der Waals surface area (Å²) in [4.78, 5) is 11.6. The first-order valence-electron chi connectivity index (χ1n) is 6.73. The van der Waals surface area contributed by atoms with Crippen LogP contribution in [-0.4, -0.2) is 32.7 Å². The van der Waals surface area contributed by atoms with Crippen LogP contribution in [0, 0.1) is 11.8 Å². The molecule has 0 aromatic carbocycles. The number of amides is 1. The van der Waals surface area contributed by atoms with Gasteiger partial charge in [-0.25, -0.2) is 0 Å². The molecular weight excluding hydrogens is 216 g/mol. The van der Waals surface area contributed by atoms with Gasteiger partial charge in [0.25, 0.3) is 0 Å². The summed E-state index contributed by atoms with van der Waals surface area (Å²) >= 11 is 0. The van der Waals surface area contributed by atoms with E-state index in [1.807, 2.05) is 0 Å². The highest BCUT2D eigenvalue weighted by Gasteiger charge is 2.23. The lowest BCUT2D eigenvalue weighted by molar-refractivity contribution is -0.121. The van der Waals surface area contributed by atoms with Crippen molar-refractivity contribution < 1.29 is 9.53 Å². The van der Waals surface area contributed by atoms with Crippen molar-refractivity contribution in [1.29, 1.82) is 0 Å². The highest BCUT2D eigenvalue weighted by atomic mass is 16.5. The van der Waals surface area contributed by atoms with E-state index in [1.165, 1.54) is 25.7 Å². The van der Waals surface area contributed by atoms with Gasteiger partial charge in [0, 0.05) is 26.7 Å². The van der Waals surface area contributed by atoms with Crippen molar-refractivity contribution >= 4 is 5.91 Å². The number of carbonyl (C=O) groups is 1. The quantitative estimate of drug-likeness (QED) is 0.661. The van der Waals surface area contributed by atoms with Crippen LogP contribution in [0.15, 0.2) is 0 Å². The predicted octanol–water partition coefficient (Wildman–Crippen LogP) is 1.29. The molecule has 4 heteroatoms. The molecule has 1 aliphatic rings. The van der Waals surface area contributed by atoms with Crippen LogP contribution in [0.5, 0.6) is 0 Å². The van der Waals surface area contributed by atoms with Crippen LogP contribution in [0.1, 0.15) is 38.5 Å². The van der Waals surface area contributed by atoms with E-state index in [2.05, 4.69) is 5.32 Å². The number of nitrogens with one attached hydrogen (secondary N) is 1. The molecular formula is C13H26N2O2. The minimum absolute atomic E-state index is 0.142. The molecule has 3 N–H and O–H groups in total. The maximum Gasteiger partial charge on any atom is 0.220 e. The van der Waals surface area contributed by atoms with E-state index in [-0.39, 0.29) is 5.91 Å². The fourth-order valence-electron chi connectivity index (χ4n) is 2.57. The molecule has 0 radical (unpaired) electrons. The molecule has 1 fully saturated rings. The lowest BCUT2D eigenvalue weighted by atomic mass is 9.79. The van der Waals surface area contributed by atoms with E-state index in [0.717, 1.165) is 19.5 Å². The summed E-state index contributed by atoms with van der Waals surface area (Å²) in [7, 11) is 1.66. The second-order valence-corrected chi connectivity index (χ2v) is 4.94. The van der Waals surface area contributed by atoms with Crippen molar-refractivity contribution in [3.63, 3.8) is 0 Å². The first-order chi connectivity index (χ1) is 8.27. The van der Waals surface area contributed by atoms with Crippen LogP contribution in [0.3, 0.4) is 0 Å². The van der Waals surface area contributed by atoms with Crippen molar-refractivity contribution in [3.05, 3.63) is 0 Å². The number of ether oxygens (including phenoxy) is 1. The fourth-order valence-corrected chi connectivity index (χ4v) is 2.57. The Morgan fingerprint density at radius 3 is 2.71 bits per heavy atom. The summed E-state index contributed by atoms with van der Waals surface area (Å²) in [5.74, 6) is 1.33. The Balaban J connectivity index is 2.17. The number of rotatable bonds is 7. The summed E-state index contributed by atoms with van der Waals surface area (Å²) in [6.07, 6.45) is 6.36. The highest BCUT2D eigenvalue weighted by molar-refractivity contribution is 5.75. The van der Waals surface area contributed by atoms with E-state index in [1.54, 1.807) is 7.11 Å². The van der Waals surface area contributed by atoms with Crippen molar-refractivity contribution in [3.8, 4) is 0 Å². The molecule has 0 bridgehead atoms. The van der Waals surface area contributed by atoms with Crippen molar-refractivity contribution in [2.45, 2.75) is 38.5 Å². The van der Waals surface area contributed by atoms with Crippen molar-refractivity contribution in [2.75, 3.05) is 26.8 Å². The fraction of sp³-hybridized carbons (Fsp3) is 0.923. The zero-order valence-corrected chi connectivity index (χ0v) is 10.9. The SMILES string of the molecule is COCCCC(=O)NCC1CCCCC1CN. The van der Waals surface area contributed by atoms with E-state index in [9.17, 15) is 4.79 Å². The lowest BCUT2D eigenvalue weighted by Gasteiger charge is -2.30. The zero-order chi connectivity index (χ0) is 12.5. The average Bonchev–Trinajstić information content (AvgIpc) is 2.37. The van der Waals surface area contributed by atoms with Gasteiger partial charge in [-0.1, -0.05) is 12.8 Å². The van der Waals surface area contributed by atoms with Crippen LogP contribution in [-0.2, 0) is 9.53 Å². The number of carbonyl (C=O) groups excluding carboxylic acids is 1. The summed E-state index contributed by atoms with van der Waals surface area (Å²) in [5, 5.41) is 3.03. The molecule has 0 aliphatic heterocycles. The van der Waals surface area contributed by atoms with Crippen LogP contribution in [0.4, 0.5) is 0 Å². The van der Waals surface area contributed by atoms with Crippen LogP contribution >= 0.6 is 0 Å². The van der Waals surface area contributed by atoms with Gasteiger partial charge >= 0.3 is 0 Å². The van der Waals surface area contributed by atoms with Gasteiger partial charge in [0.15, 0.2) is 0 Å². The monoisotopic (exact) mass is 242 g/mol. The molecule has 1 aliphatic carbocycles. The van der Waals surface area contributed by atoms with E-state index < -0.39 is 0 Å². The summed E-state index contributed by atoms with van der Waals surface area (Å²) in [6, 6.07) is 0. The summed E-state index contributed by atoms with van der Waals surface area (Å²) < 4.78 is 4.92. The topological polar surface area (TPSA) is 64.3 Å². The maximum atomic E-state index is 11.6. The molecule has 0 aromatic rings. The maximum absolute atomic E-state index is 11.6. The third-order valence-corrected chi connectivity index (χ3v) is 3.68. The summed E-state index contributed by atoms with van der Waals surface area (Å²) in [5.41, 5.74) is 5.77. The number of nitrogens with two attached hydrogens (primary N) is 1. The standard InChI is InChI=1S/C13H26N2O2/c1-17-8-4-7-13(16)15-10-12-6-3-2-5-11(12)9-14/h11-12H,2-10,14H2,1H3,(H,15,16). The molecule has 4 nitrogen and oxygen atoms in total. The van der Waals surface area contributed by atoms with Gasteiger partial charge in [0.05, 0.1) is 0 Å². The largest absolute Gasteiger partial charge is 0.385 e. The highest BCUT2D eigenvalue weighted by Crippen LogP contribution is 2.28. The number of hydrogen-bond donors (Lipinski definition) is 2. The molecule has 2 atom stereocenters. The van der Waals surface area contributed by atoms with Gasteiger partial charge in [-0.3, -0.25) is 4.79 Å². The lowest BCUT2D eigenvalue weighted by Crippen LogP contribution is -2.36. The molecule has 1 saturated carbocycles. The van der Waals surface area contributed by atoms with Crippen molar-refractivity contribution in [2.24, 2.45) is 17.6 Å². The van der Waals surface area contributed by atoms with Gasteiger partial charge < -0.3 is 15.8 Å². The molecule has 0 heterocycles. The van der Waals surface area contributed by atoms with Gasteiger partial charge in [-0.05, 0) is 37.6 Å². The normalized spacial score (nSPS) is 24.6. The van der Waals surface area contributed by atoms with Crippen LogP contribution < -0.4 is 11.1 Å². The molecule has 0 saturated heterocycles. The van der Waals surface area contributed by atoms with Gasteiger partial charge in [-0.2, -0.15) is 0 Å². The Bertz CT molecular complexity index is 221. The van der Waals surface area contributed by atoms with E-state index >= 15 is 0 Å². The molecule has 2 unspecified atom stereocenters. The molecule has 100 valence electrons. The van der Waals surface area contributed by atoms with Gasteiger partial charge in [0.1, 0.15) is 0 Å². The van der Waals surface area contributed by atoms with Crippen LogP contribution in [0.2, 0.25) is 0 Å². The first-order valence-corrected chi connectivity index (χ1v) is 6.73. The molecule has 1 amide bonds. The molecule has 0 aromatic heterocycles. The average molecular weight is 242 g/mol. The van der Waals surface area contributed by atoms with E-state index in [0.29, 0.717) is 24.9 Å². The van der Waals surface area contributed by atoms with Gasteiger partial charge in [0.2, 0.25) is 5.91 Å². The zero-order valence-electron chi connectivity index (χ0n) is 10.9. The third-order valence-electron chi connectivity index (χ3n) is 3.68. The Morgan fingerprint density at radius 2 is 2.06 bits per heavy atom. The second kappa shape index (κ2) is 8.48. The predicted molar refractivity (Wildman–Crippen MR) is 68.6 cm³/mol. The Kier molecular flexibility index (Phi) is 7.21. The van der Waals surface area contributed by atoms with Crippen molar-refractivity contribution in [1.82, 2.24) is 5.32 Å². The van der Waals surface area contributed by atoms with Gasteiger partial charge in [-0.15, -0.1) is 0 Å². The molecule has 1 rings (SSSR count). The summed E-state index contributed by atoms with van der Waals surface area (Å²) in [6.45, 7) is 2.21. The molecule has 0 spiro atoms. The third kappa shape index (κ3) is 5.50. The minimum atomic E-state index is 0.142. The van der Waals surface area contributed by atoms with Crippen LogP contribution in [0.25, 0.3) is 0 Å². The Hall–Kier alpha value is -0.610. The van der Waals surface area contributed by atoms with E-state index in [4.69, 9.17) is 10.5 Å². The smallest absolute Gasteiger partial charge is 0.220 e. The minimum Gasteiger partial charge on any atom is -0.385 e.